The maximum absolute atomic E-state index is 10.3. The Hall–Kier alpha value is -1.50. The third-order valence-electron chi connectivity index (χ3n) is 1.46. The van der Waals surface area contributed by atoms with Gasteiger partial charge in [0.05, 0.1) is 21.8 Å². The van der Waals surface area contributed by atoms with Gasteiger partial charge in [-0.1, -0.05) is 0 Å². The number of nitrogens with zero attached hydrogens (tertiary/aromatic N) is 4. The summed E-state index contributed by atoms with van der Waals surface area (Å²) in [5, 5.41) is 14.0. The molecule has 0 amide bonds. The molecule has 6 nitrogen and oxygen atoms in total. The lowest BCUT2D eigenvalue weighted by Gasteiger charge is -1.86. The van der Waals surface area contributed by atoms with Crippen LogP contribution in [0.25, 0.3) is 5.65 Å². The first-order valence-corrected chi connectivity index (χ1v) is 4.11. The van der Waals surface area contributed by atoms with Crippen LogP contribution in [0.3, 0.4) is 0 Å². The van der Waals surface area contributed by atoms with Gasteiger partial charge in [0.2, 0.25) is 0 Å². The zero-order valence-electron chi connectivity index (χ0n) is 6.22. The van der Waals surface area contributed by atoms with Gasteiger partial charge in [0, 0.05) is 6.20 Å². The fraction of sp³-hybridized carbons (Fsp3) is 0. The number of halogens is 1. The largest absolute Gasteiger partial charge is 0.392 e. The molecule has 7 heteroatoms. The maximum atomic E-state index is 10.3. The SMILES string of the molecule is O=[N+]([O-])c1cc2ncc(Br)cn2n1. The highest BCUT2D eigenvalue weighted by molar-refractivity contribution is 9.10. The quantitative estimate of drug-likeness (QED) is 0.560. The van der Waals surface area contributed by atoms with E-state index in [1.807, 2.05) is 0 Å². The lowest BCUT2D eigenvalue weighted by atomic mass is 10.6. The molecule has 2 rings (SSSR count). The fourth-order valence-electron chi connectivity index (χ4n) is 0.931. The van der Waals surface area contributed by atoms with Crippen molar-refractivity contribution in [2.24, 2.45) is 0 Å². The van der Waals surface area contributed by atoms with E-state index in [1.165, 1.54) is 10.6 Å². The number of nitro groups is 1. The van der Waals surface area contributed by atoms with Gasteiger partial charge in [-0.05, 0) is 20.9 Å². The standard InChI is InChI=1S/C6H3BrN4O2/c7-4-2-8-5-1-6(11(12)13)9-10(5)3-4/h1-3H. The molecule has 0 saturated carbocycles. The molecule has 66 valence electrons. The number of aromatic nitrogens is 3. The van der Waals surface area contributed by atoms with Crippen molar-refractivity contribution in [3.05, 3.63) is 33.0 Å². The van der Waals surface area contributed by atoms with Gasteiger partial charge in [0.25, 0.3) is 0 Å². The van der Waals surface area contributed by atoms with Crippen LogP contribution in [0.15, 0.2) is 22.9 Å². The molecular formula is C6H3BrN4O2. The predicted molar refractivity (Wildman–Crippen MR) is 47.3 cm³/mol. The van der Waals surface area contributed by atoms with Crippen molar-refractivity contribution in [2.45, 2.75) is 0 Å². The lowest BCUT2D eigenvalue weighted by molar-refractivity contribution is -0.389. The average Bonchev–Trinajstić information content (AvgIpc) is 2.46. The zero-order chi connectivity index (χ0) is 9.42. The third-order valence-corrected chi connectivity index (χ3v) is 1.87. The number of fused-ring (bicyclic) bond motifs is 1. The molecule has 2 heterocycles. The summed E-state index contributed by atoms with van der Waals surface area (Å²) in [6.07, 6.45) is 3.16. The first-order valence-electron chi connectivity index (χ1n) is 3.32. The van der Waals surface area contributed by atoms with Crippen LogP contribution in [-0.2, 0) is 0 Å². The van der Waals surface area contributed by atoms with Crippen molar-refractivity contribution in [2.75, 3.05) is 0 Å². The monoisotopic (exact) mass is 242 g/mol. The number of rotatable bonds is 1. The van der Waals surface area contributed by atoms with Crippen molar-refractivity contribution >= 4 is 27.4 Å². The van der Waals surface area contributed by atoms with E-state index in [9.17, 15) is 10.1 Å². The Bertz CT molecular complexity index is 480. The Morgan fingerprint density at radius 3 is 3.08 bits per heavy atom. The summed E-state index contributed by atoms with van der Waals surface area (Å²) in [5.74, 6) is -0.203. The van der Waals surface area contributed by atoms with Crippen molar-refractivity contribution in [3.8, 4) is 0 Å². The summed E-state index contributed by atoms with van der Waals surface area (Å²) in [6, 6.07) is 1.31. The lowest BCUT2D eigenvalue weighted by Crippen LogP contribution is -1.91. The van der Waals surface area contributed by atoms with Crippen molar-refractivity contribution < 1.29 is 4.92 Å². The van der Waals surface area contributed by atoms with Crippen LogP contribution in [0.2, 0.25) is 0 Å². The van der Waals surface area contributed by atoms with Crippen molar-refractivity contribution in [3.63, 3.8) is 0 Å². The molecule has 0 spiro atoms. The summed E-state index contributed by atoms with van der Waals surface area (Å²) in [7, 11) is 0. The van der Waals surface area contributed by atoms with Crippen molar-refractivity contribution in [1.82, 2.24) is 14.6 Å². The van der Waals surface area contributed by atoms with Gasteiger partial charge in [-0.3, -0.25) is 0 Å². The zero-order valence-corrected chi connectivity index (χ0v) is 7.80. The van der Waals surface area contributed by atoms with Gasteiger partial charge in [-0.2, -0.15) is 0 Å². The molecule has 0 fully saturated rings. The average molecular weight is 243 g/mol. The van der Waals surface area contributed by atoms with Crippen LogP contribution in [0.5, 0.6) is 0 Å². The molecule has 0 radical (unpaired) electrons. The first-order chi connectivity index (χ1) is 6.16. The second-order valence-corrected chi connectivity index (χ2v) is 3.25. The second-order valence-electron chi connectivity index (χ2n) is 2.33. The van der Waals surface area contributed by atoms with E-state index in [4.69, 9.17) is 0 Å². The molecular weight excluding hydrogens is 240 g/mol. The molecule has 0 aromatic carbocycles. The van der Waals surface area contributed by atoms with Gasteiger partial charge >= 0.3 is 5.82 Å². The second kappa shape index (κ2) is 2.77. The van der Waals surface area contributed by atoms with Crippen LogP contribution in [0.4, 0.5) is 5.82 Å². The Balaban J connectivity index is 2.68. The van der Waals surface area contributed by atoms with Gasteiger partial charge in [-0.15, -0.1) is 4.52 Å². The van der Waals surface area contributed by atoms with E-state index in [0.717, 1.165) is 4.47 Å². The van der Waals surface area contributed by atoms with Crippen LogP contribution in [0, 0.1) is 10.1 Å². The van der Waals surface area contributed by atoms with E-state index in [1.54, 1.807) is 12.4 Å². The molecule has 0 aliphatic carbocycles. The number of hydrogen-bond acceptors (Lipinski definition) is 4. The Morgan fingerprint density at radius 1 is 1.62 bits per heavy atom. The van der Waals surface area contributed by atoms with Crippen LogP contribution >= 0.6 is 15.9 Å². The van der Waals surface area contributed by atoms with Crippen molar-refractivity contribution in [1.29, 1.82) is 0 Å². The fourth-order valence-corrected chi connectivity index (χ4v) is 1.23. The van der Waals surface area contributed by atoms with E-state index < -0.39 is 4.92 Å². The normalized spacial score (nSPS) is 10.5. The topological polar surface area (TPSA) is 73.3 Å². The molecule has 0 unspecified atom stereocenters. The first kappa shape index (κ1) is 8.11. The predicted octanol–water partition coefficient (Wildman–Crippen LogP) is 1.40. The summed E-state index contributed by atoms with van der Waals surface area (Å²) in [5.41, 5.74) is 0.454. The summed E-state index contributed by atoms with van der Waals surface area (Å²) < 4.78 is 2.07. The molecule has 13 heavy (non-hydrogen) atoms. The van der Waals surface area contributed by atoms with Gasteiger partial charge < -0.3 is 10.1 Å². The minimum absolute atomic E-state index is 0.203. The Labute approximate surface area is 80.5 Å². The number of hydrogen-bond donors (Lipinski definition) is 0. The van der Waals surface area contributed by atoms with E-state index in [2.05, 4.69) is 26.0 Å². The molecule has 2 aromatic rings. The molecule has 0 N–H and O–H groups in total. The molecule has 0 aliphatic heterocycles. The highest BCUT2D eigenvalue weighted by atomic mass is 79.9. The van der Waals surface area contributed by atoms with E-state index >= 15 is 0 Å². The highest BCUT2D eigenvalue weighted by Crippen LogP contribution is 2.13. The minimum Gasteiger partial charge on any atom is -0.358 e. The summed E-state index contributed by atoms with van der Waals surface area (Å²) in [4.78, 5) is 13.7. The maximum Gasteiger partial charge on any atom is 0.392 e. The summed E-state index contributed by atoms with van der Waals surface area (Å²) >= 11 is 3.19. The van der Waals surface area contributed by atoms with Gasteiger partial charge in [-0.25, -0.2) is 4.98 Å². The third kappa shape index (κ3) is 1.37. The van der Waals surface area contributed by atoms with Crippen LogP contribution in [-0.4, -0.2) is 19.5 Å². The van der Waals surface area contributed by atoms with Gasteiger partial charge in [0.15, 0.2) is 5.65 Å². The molecule has 2 aromatic heterocycles. The highest BCUT2D eigenvalue weighted by Gasteiger charge is 2.13. The molecule has 0 bridgehead atoms. The molecule has 0 atom stereocenters. The summed E-state index contributed by atoms with van der Waals surface area (Å²) in [6.45, 7) is 0. The molecule has 0 aliphatic rings. The van der Waals surface area contributed by atoms with E-state index in [0.29, 0.717) is 5.65 Å². The Kier molecular flexibility index (Phi) is 1.73. The van der Waals surface area contributed by atoms with Gasteiger partial charge in [0.1, 0.15) is 0 Å². The van der Waals surface area contributed by atoms with E-state index in [-0.39, 0.29) is 5.82 Å². The Morgan fingerprint density at radius 2 is 2.38 bits per heavy atom. The smallest absolute Gasteiger partial charge is 0.358 e. The van der Waals surface area contributed by atoms with Crippen LogP contribution < -0.4 is 0 Å². The molecule has 0 saturated heterocycles. The minimum atomic E-state index is -0.553. The van der Waals surface area contributed by atoms with Crippen LogP contribution in [0.1, 0.15) is 0 Å².